The second-order valence-corrected chi connectivity index (χ2v) is 15.7. The summed E-state index contributed by atoms with van der Waals surface area (Å²) in [4.78, 5) is 2.68. The molecule has 0 N–H and O–H groups in total. The molecule has 0 saturated heterocycles. The zero-order valence-electron chi connectivity index (χ0n) is 32.7. The fourth-order valence-electron chi connectivity index (χ4n) is 5.69. The van der Waals surface area contributed by atoms with Crippen molar-refractivity contribution in [3.05, 3.63) is 9.44 Å². The highest BCUT2D eigenvalue weighted by Gasteiger charge is 2.41. The molecule has 0 unspecified atom stereocenters. The number of quaternary nitrogens is 2. The molecule has 0 aliphatic heterocycles. The maximum Gasteiger partial charge on any atom is 0.446 e. The van der Waals surface area contributed by atoms with Crippen molar-refractivity contribution in [1.82, 2.24) is 4.90 Å². The number of amidine groups is 1. The molecule has 0 heterocycles. The summed E-state index contributed by atoms with van der Waals surface area (Å²) in [6, 6.07) is 0. The molecule has 19 heteroatoms. The second kappa shape index (κ2) is 23.9. The van der Waals surface area contributed by atoms with Gasteiger partial charge in [-0.2, -0.15) is 30.9 Å². The lowest BCUT2D eigenvalue weighted by molar-refractivity contribution is -0.868. The lowest BCUT2D eigenvalue weighted by atomic mass is 10.3. The summed E-state index contributed by atoms with van der Waals surface area (Å²) in [5.41, 5.74) is 0. The number of sulfonamides is 2. The molecule has 0 rings (SSSR count). The van der Waals surface area contributed by atoms with Gasteiger partial charge in [0.25, 0.3) is 0 Å². The molecule has 0 amide bonds. The van der Waals surface area contributed by atoms with E-state index in [9.17, 15) is 43.2 Å². The van der Waals surface area contributed by atoms with Crippen molar-refractivity contribution in [2.45, 2.75) is 87.5 Å². The summed E-state index contributed by atoms with van der Waals surface area (Å²) in [7, 11) is -2.88. The van der Waals surface area contributed by atoms with Crippen molar-refractivity contribution in [3.8, 4) is 0 Å². The fraction of sp³-hybridized carbons (Fsp3) is 0.935. The average Bonchev–Trinajstić information content (AvgIpc) is 2.97. The molecule has 0 radical (unpaired) electrons. The highest BCUT2D eigenvalue weighted by molar-refractivity contribution is 8.11. The van der Waals surface area contributed by atoms with Crippen molar-refractivity contribution < 1.29 is 61.3 Å². The monoisotopic (exact) mass is 779 g/mol. The van der Waals surface area contributed by atoms with E-state index in [0.717, 1.165) is 54.8 Å². The smallest absolute Gasteiger partial charge is 0.446 e. The van der Waals surface area contributed by atoms with E-state index in [-0.39, 0.29) is 0 Å². The zero-order chi connectivity index (χ0) is 40.2. The van der Waals surface area contributed by atoms with Crippen LogP contribution in [0.4, 0.5) is 26.3 Å². The van der Waals surface area contributed by atoms with Gasteiger partial charge in [0, 0.05) is 12.5 Å². The van der Waals surface area contributed by atoms with E-state index in [1.807, 2.05) is 0 Å². The Balaban J connectivity index is -0.000000894. The fourth-order valence-corrected chi connectivity index (χ4v) is 7.65. The van der Waals surface area contributed by atoms with Crippen LogP contribution in [0.15, 0.2) is 0 Å². The molecule has 11 nitrogen and oxygen atoms in total. The van der Waals surface area contributed by atoms with Crippen LogP contribution in [-0.2, 0) is 20.0 Å². The third kappa shape index (κ3) is 22.4. The van der Waals surface area contributed by atoms with Gasteiger partial charge >= 0.3 is 24.1 Å². The van der Waals surface area contributed by atoms with Crippen LogP contribution < -0.4 is 0 Å². The van der Waals surface area contributed by atoms with E-state index in [1.165, 1.54) is 44.3 Å². The first-order valence-electron chi connectivity index (χ1n) is 17.2. The lowest BCUT2D eigenvalue weighted by Crippen LogP contribution is -2.62. The molecule has 0 atom stereocenters. The molecule has 0 aliphatic rings. The first kappa shape index (κ1) is 52.8. The summed E-state index contributed by atoms with van der Waals surface area (Å²) in [5.74, 6) is 3.03. The molecular weight excluding hydrogens is 713 g/mol. The minimum absolute atomic E-state index is 0.716. The Hall–Kier alpha value is -1.54. The van der Waals surface area contributed by atoms with E-state index in [4.69, 9.17) is 0 Å². The molecule has 0 spiro atoms. The highest BCUT2D eigenvalue weighted by Crippen LogP contribution is 2.22. The number of hydrogen-bond acceptors (Lipinski definition) is 4. The number of likely N-dealkylation sites (N-methyl/N-ethyl adjacent to an activating group) is 2. The van der Waals surface area contributed by atoms with Gasteiger partial charge in [0.05, 0.1) is 86.4 Å². The molecule has 0 aromatic carbocycles. The third-order valence-corrected chi connectivity index (χ3v) is 10.7. The standard InChI is InChI=1S/C25H57N5.C4H4F6N.C2H6NO4S2/c1-12-20-28(21-13-2)25(30(17-6,18-7)19-8)27(11)23-22-26(10)24(9)29(14-3,15-4)16-5;5-3(6,7)1-11-2-4(8,9)10;1-8(4,5)3-9(2,6)7/h12-23H2,1-11H3;1-2H2;1-2H3/q+4;2*-1. The van der Waals surface area contributed by atoms with Gasteiger partial charge in [-0.15, -0.1) is 0 Å². The number of guanidine groups is 1. The van der Waals surface area contributed by atoms with Gasteiger partial charge in [0.15, 0.2) is 6.54 Å². The minimum Gasteiger partial charge on any atom is -0.648 e. The summed E-state index contributed by atoms with van der Waals surface area (Å²) in [5, 5.41) is 2.26. The van der Waals surface area contributed by atoms with Gasteiger partial charge in [-0.05, 0) is 54.4 Å². The van der Waals surface area contributed by atoms with Crippen LogP contribution in [0.25, 0.3) is 9.44 Å². The van der Waals surface area contributed by atoms with Gasteiger partial charge in [0.1, 0.15) is 13.6 Å². The van der Waals surface area contributed by atoms with E-state index in [0.29, 0.717) is 12.5 Å². The molecule has 0 aliphatic carbocycles. The Bertz CT molecular complexity index is 1170. The normalized spacial score (nSPS) is 14.1. The Morgan fingerprint density at radius 1 is 0.620 bits per heavy atom. The maximum atomic E-state index is 11.2. The summed E-state index contributed by atoms with van der Waals surface area (Å²) >= 11 is 0. The van der Waals surface area contributed by atoms with Gasteiger partial charge in [0.2, 0.25) is 0 Å². The van der Waals surface area contributed by atoms with Gasteiger partial charge in [-0.3, -0.25) is 0 Å². The number of rotatable bonds is 17. The minimum atomic E-state index is -4.65. The lowest BCUT2D eigenvalue weighted by Gasteiger charge is -2.36. The summed E-state index contributed by atoms with van der Waals surface area (Å²) in [6.45, 7) is 28.9. The molecule has 0 saturated carbocycles. The Morgan fingerprint density at radius 2 is 0.940 bits per heavy atom. The van der Waals surface area contributed by atoms with Crippen LogP contribution >= 0.6 is 0 Å². The van der Waals surface area contributed by atoms with Crippen LogP contribution in [0.2, 0.25) is 0 Å². The first-order chi connectivity index (χ1) is 22.6. The number of alkyl halides is 6. The number of hydrogen-bond donors (Lipinski definition) is 0. The first-order valence-corrected chi connectivity index (χ1v) is 20.8. The third-order valence-electron chi connectivity index (χ3n) is 8.53. The van der Waals surface area contributed by atoms with Crippen molar-refractivity contribution in [3.63, 3.8) is 0 Å². The summed E-state index contributed by atoms with van der Waals surface area (Å²) in [6.07, 6.45) is -5.46. The van der Waals surface area contributed by atoms with E-state index < -0.39 is 45.5 Å². The van der Waals surface area contributed by atoms with Crippen LogP contribution in [0.5, 0.6) is 0 Å². The van der Waals surface area contributed by atoms with Gasteiger partial charge in [-0.25, -0.2) is 35.3 Å². The van der Waals surface area contributed by atoms with Gasteiger partial charge < -0.3 is 9.44 Å². The van der Waals surface area contributed by atoms with Crippen LogP contribution in [0.3, 0.4) is 0 Å². The van der Waals surface area contributed by atoms with Crippen LogP contribution in [-0.4, -0.2) is 169 Å². The highest BCUT2D eigenvalue weighted by atomic mass is 32.3. The van der Waals surface area contributed by atoms with Crippen molar-refractivity contribution in [2.24, 2.45) is 0 Å². The van der Waals surface area contributed by atoms with E-state index >= 15 is 0 Å². The van der Waals surface area contributed by atoms with Crippen molar-refractivity contribution >= 4 is 31.8 Å². The second-order valence-electron chi connectivity index (χ2n) is 12.2. The predicted molar refractivity (Wildman–Crippen MR) is 192 cm³/mol. The molecule has 302 valence electrons. The molecule has 0 bridgehead atoms. The number of halogens is 6. The van der Waals surface area contributed by atoms with E-state index in [1.54, 1.807) is 0 Å². The Morgan fingerprint density at radius 3 is 1.18 bits per heavy atom. The topological polar surface area (TPSA) is 106 Å². The quantitative estimate of drug-likeness (QED) is 0.0621. The Kier molecular flexibility index (Phi) is 25.3. The van der Waals surface area contributed by atoms with Crippen LogP contribution in [0, 0.1) is 0 Å². The molecule has 0 fully saturated rings. The van der Waals surface area contributed by atoms with Gasteiger partial charge in [-0.1, -0.05) is 26.9 Å². The van der Waals surface area contributed by atoms with Crippen molar-refractivity contribution in [2.75, 3.05) is 105 Å². The molecular formula is C31H67F6N7O4S2+2. The van der Waals surface area contributed by atoms with E-state index in [2.05, 4.69) is 99.9 Å². The summed E-state index contributed by atoms with van der Waals surface area (Å²) < 4.78 is 117. The number of nitrogens with zero attached hydrogens (tertiary/aromatic N) is 7. The predicted octanol–water partition coefficient (Wildman–Crippen LogP) is 5.68. The Labute approximate surface area is 299 Å². The molecule has 50 heavy (non-hydrogen) atoms. The SMILES string of the molecule is CCCN(CCC)C(=[N+](C)CC[N+](C)=C(C)[N+](CC)(CC)CC)[N+](CC)(CC)CC.CS(=O)(=O)[N-]S(C)(=O)=O.FC(F)(F)C[N-]CC(F)(F)F. The largest absolute Gasteiger partial charge is 0.648 e. The maximum absolute atomic E-state index is 11.2. The average molecular weight is 780 g/mol. The van der Waals surface area contributed by atoms with Crippen molar-refractivity contribution in [1.29, 1.82) is 0 Å². The molecule has 0 aromatic rings. The zero-order valence-corrected chi connectivity index (χ0v) is 34.4. The molecule has 0 aromatic heterocycles. The van der Waals surface area contributed by atoms with Crippen LogP contribution in [0.1, 0.15) is 75.2 Å².